The van der Waals surface area contributed by atoms with Crippen molar-refractivity contribution >= 4 is 5.91 Å². The molecule has 0 saturated carbocycles. The molecule has 1 heterocycles. The second-order valence-electron chi connectivity index (χ2n) is 6.86. The standard InChI is InChI=1S/C18H29N3O/c1-13-10-21(12-16-8-6-5-7-9-16)11-14(2)17(13)20(4)18(22)15(3)19/h5-9,13-15,17H,10-12,19H2,1-4H3/t13-,14-,15-/m1/s1. The van der Waals surface area contributed by atoms with Crippen LogP contribution in [-0.2, 0) is 11.3 Å². The third-order valence-electron chi connectivity index (χ3n) is 4.69. The van der Waals surface area contributed by atoms with Gasteiger partial charge in [-0.25, -0.2) is 0 Å². The van der Waals surface area contributed by atoms with E-state index in [2.05, 4.69) is 49.1 Å². The fourth-order valence-corrected chi connectivity index (χ4v) is 3.87. The lowest BCUT2D eigenvalue weighted by Gasteiger charge is -2.45. The van der Waals surface area contributed by atoms with Gasteiger partial charge >= 0.3 is 0 Å². The molecule has 4 heteroatoms. The van der Waals surface area contributed by atoms with E-state index in [-0.39, 0.29) is 11.9 Å². The number of carbonyl (C=O) groups excluding carboxylic acids is 1. The van der Waals surface area contributed by atoms with E-state index in [4.69, 9.17) is 5.73 Å². The van der Waals surface area contributed by atoms with E-state index in [1.165, 1.54) is 5.56 Å². The summed E-state index contributed by atoms with van der Waals surface area (Å²) in [6, 6.07) is 10.4. The average molecular weight is 303 g/mol. The summed E-state index contributed by atoms with van der Waals surface area (Å²) in [5, 5.41) is 0. The van der Waals surface area contributed by atoms with Crippen LogP contribution in [0.2, 0.25) is 0 Å². The molecule has 22 heavy (non-hydrogen) atoms. The van der Waals surface area contributed by atoms with Crippen LogP contribution in [-0.4, -0.2) is 47.9 Å². The first-order chi connectivity index (χ1) is 10.4. The first kappa shape index (κ1) is 17.0. The van der Waals surface area contributed by atoms with Gasteiger partial charge in [-0.05, 0) is 24.3 Å². The summed E-state index contributed by atoms with van der Waals surface area (Å²) in [6.45, 7) is 9.25. The highest BCUT2D eigenvalue weighted by molar-refractivity contribution is 5.81. The summed E-state index contributed by atoms with van der Waals surface area (Å²) in [7, 11) is 1.90. The Hall–Kier alpha value is -1.39. The van der Waals surface area contributed by atoms with Crippen molar-refractivity contribution in [2.24, 2.45) is 17.6 Å². The molecule has 2 rings (SSSR count). The number of amides is 1. The molecule has 1 aromatic rings. The van der Waals surface area contributed by atoms with Crippen LogP contribution < -0.4 is 5.73 Å². The van der Waals surface area contributed by atoms with Crippen LogP contribution in [0.3, 0.4) is 0 Å². The molecule has 1 aliphatic rings. The molecule has 3 atom stereocenters. The van der Waals surface area contributed by atoms with Crippen molar-refractivity contribution in [2.45, 2.75) is 39.4 Å². The van der Waals surface area contributed by atoms with Crippen molar-refractivity contribution in [1.29, 1.82) is 0 Å². The van der Waals surface area contributed by atoms with Crippen LogP contribution >= 0.6 is 0 Å². The van der Waals surface area contributed by atoms with Gasteiger partial charge in [0.25, 0.3) is 0 Å². The fraction of sp³-hybridized carbons (Fsp3) is 0.611. The van der Waals surface area contributed by atoms with E-state index in [1.54, 1.807) is 6.92 Å². The second-order valence-corrected chi connectivity index (χ2v) is 6.86. The highest BCUT2D eigenvalue weighted by atomic mass is 16.2. The van der Waals surface area contributed by atoms with Crippen LogP contribution in [0.15, 0.2) is 30.3 Å². The number of piperidine rings is 1. The topological polar surface area (TPSA) is 49.6 Å². The normalized spacial score (nSPS) is 25.0. The maximum Gasteiger partial charge on any atom is 0.239 e. The molecule has 122 valence electrons. The van der Waals surface area contributed by atoms with Gasteiger partial charge in [0.05, 0.1) is 6.04 Å². The molecule has 1 saturated heterocycles. The van der Waals surface area contributed by atoms with Crippen LogP contribution in [0.5, 0.6) is 0 Å². The zero-order valence-electron chi connectivity index (χ0n) is 14.2. The van der Waals surface area contributed by atoms with Gasteiger partial charge < -0.3 is 10.6 Å². The van der Waals surface area contributed by atoms with Gasteiger partial charge in [0, 0.05) is 32.7 Å². The molecule has 0 aliphatic carbocycles. The Kier molecular flexibility index (Phi) is 5.59. The van der Waals surface area contributed by atoms with Gasteiger partial charge in [0.15, 0.2) is 0 Å². The number of nitrogens with two attached hydrogens (primary N) is 1. The van der Waals surface area contributed by atoms with Gasteiger partial charge in [0.1, 0.15) is 0 Å². The van der Waals surface area contributed by atoms with Crippen molar-refractivity contribution in [1.82, 2.24) is 9.80 Å². The van der Waals surface area contributed by atoms with Gasteiger partial charge in [-0.1, -0.05) is 44.2 Å². The Morgan fingerprint density at radius 3 is 2.32 bits per heavy atom. The average Bonchev–Trinajstić information content (AvgIpc) is 2.46. The van der Waals surface area contributed by atoms with Crippen molar-refractivity contribution in [3.63, 3.8) is 0 Å². The van der Waals surface area contributed by atoms with E-state index in [0.717, 1.165) is 19.6 Å². The van der Waals surface area contributed by atoms with Crippen LogP contribution in [0, 0.1) is 11.8 Å². The molecule has 2 N–H and O–H groups in total. The third kappa shape index (κ3) is 3.87. The monoisotopic (exact) mass is 303 g/mol. The van der Waals surface area contributed by atoms with Crippen molar-refractivity contribution < 1.29 is 4.79 Å². The summed E-state index contributed by atoms with van der Waals surface area (Å²) >= 11 is 0. The molecule has 0 aromatic heterocycles. The van der Waals surface area contributed by atoms with E-state index in [9.17, 15) is 4.79 Å². The first-order valence-electron chi connectivity index (χ1n) is 8.18. The molecule has 1 fully saturated rings. The first-order valence-corrected chi connectivity index (χ1v) is 8.18. The highest BCUT2D eigenvalue weighted by Crippen LogP contribution is 2.27. The molecule has 1 aromatic carbocycles. The Balaban J connectivity index is 2.01. The highest BCUT2D eigenvalue weighted by Gasteiger charge is 2.36. The van der Waals surface area contributed by atoms with Gasteiger partial charge in [-0.2, -0.15) is 0 Å². The lowest BCUT2D eigenvalue weighted by molar-refractivity contribution is -0.136. The van der Waals surface area contributed by atoms with Gasteiger partial charge in [-0.15, -0.1) is 0 Å². The molecular formula is C18H29N3O. The Morgan fingerprint density at radius 1 is 1.27 bits per heavy atom. The number of hydrogen-bond acceptors (Lipinski definition) is 3. The fourth-order valence-electron chi connectivity index (χ4n) is 3.87. The molecule has 0 unspecified atom stereocenters. The SMILES string of the molecule is C[C@@H]1CN(Cc2ccccc2)C[C@@H](C)C1N(C)C(=O)[C@@H](C)N. The molecular weight excluding hydrogens is 274 g/mol. The lowest BCUT2D eigenvalue weighted by atomic mass is 9.84. The van der Waals surface area contributed by atoms with Crippen molar-refractivity contribution in [3.8, 4) is 0 Å². The number of benzene rings is 1. The molecule has 1 amide bonds. The Bertz CT molecular complexity index is 476. The summed E-state index contributed by atoms with van der Waals surface area (Å²) in [6.07, 6.45) is 0. The van der Waals surface area contributed by atoms with E-state index in [0.29, 0.717) is 11.8 Å². The van der Waals surface area contributed by atoms with Crippen molar-refractivity contribution in [3.05, 3.63) is 35.9 Å². The third-order valence-corrected chi connectivity index (χ3v) is 4.69. The van der Waals surface area contributed by atoms with Crippen molar-refractivity contribution in [2.75, 3.05) is 20.1 Å². The summed E-state index contributed by atoms with van der Waals surface area (Å²) in [4.78, 5) is 16.6. The number of hydrogen-bond donors (Lipinski definition) is 1. The Morgan fingerprint density at radius 2 is 1.82 bits per heavy atom. The predicted molar refractivity (Wildman–Crippen MR) is 90.3 cm³/mol. The smallest absolute Gasteiger partial charge is 0.239 e. The predicted octanol–water partition coefficient (Wildman–Crippen LogP) is 1.95. The minimum Gasteiger partial charge on any atom is -0.341 e. The maximum atomic E-state index is 12.2. The van der Waals surface area contributed by atoms with E-state index in [1.807, 2.05) is 11.9 Å². The molecule has 0 bridgehead atoms. The number of likely N-dealkylation sites (N-methyl/N-ethyl adjacent to an activating group) is 1. The van der Waals surface area contributed by atoms with Gasteiger partial charge in [-0.3, -0.25) is 9.69 Å². The number of nitrogens with zero attached hydrogens (tertiary/aromatic N) is 2. The molecule has 0 radical (unpaired) electrons. The largest absolute Gasteiger partial charge is 0.341 e. The van der Waals surface area contributed by atoms with E-state index < -0.39 is 6.04 Å². The minimum absolute atomic E-state index is 0.0419. The van der Waals surface area contributed by atoms with Crippen LogP contribution in [0.1, 0.15) is 26.3 Å². The number of likely N-dealkylation sites (tertiary alicyclic amines) is 1. The zero-order chi connectivity index (χ0) is 16.3. The molecule has 1 aliphatic heterocycles. The van der Waals surface area contributed by atoms with Gasteiger partial charge in [0.2, 0.25) is 5.91 Å². The maximum absolute atomic E-state index is 12.2. The minimum atomic E-state index is -0.424. The number of rotatable bonds is 4. The second kappa shape index (κ2) is 7.25. The van der Waals surface area contributed by atoms with E-state index >= 15 is 0 Å². The summed E-state index contributed by atoms with van der Waals surface area (Å²) in [5.41, 5.74) is 7.11. The quantitative estimate of drug-likeness (QED) is 0.925. The van der Waals surface area contributed by atoms with Crippen LogP contribution in [0.4, 0.5) is 0 Å². The molecule has 4 nitrogen and oxygen atoms in total. The lowest BCUT2D eigenvalue weighted by Crippen LogP contribution is -2.57. The van der Waals surface area contributed by atoms with Crippen LogP contribution in [0.25, 0.3) is 0 Å². The number of carbonyl (C=O) groups is 1. The zero-order valence-corrected chi connectivity index (χ0v) is 14.2. The summed E-state index contributed by atoms with van der Waals surface area (Å²) in [5.74, 6) is 0.931. The Labute approximate surface area is 134 Å². The molecule has 0 spiro atoms. The summed E-state index contributed by atoms with van der Waals surface area (Å²) < 4.78 is 0.